The molecule has 0 aliphatic heterocycles. The van der Waals surface area contributed by atoms with E-state index >= 15 is 0 Å². The molecule has 4 nitrogen and oxygen atoms in total. The summed E-state index contributed by atoms with van der Waals surface area (Å²) in [5.74, 6) is 0.621. The Morgan fingerprint density at radius 1 is 0.510 bits per heavy atom. The van der Waals surface area contributed by atoms with Crippen LogP contribution in [0.5, 0.6) is 0 Å². The van der Waals surface area contributed by atoms with Gasteiger partial charge in [0.05, 0.1) is 11.0 Å². The van der Waals surface area contributed by atoms with Crippen LogP contribution in [-0.2, 0) is 0 Å². The summed E-state index contributed by atoms with van der Waals surface area (Å²) >= 11 is 1.87. The van der Waals surface area contributed by atoms with Crippen molar-refractivity contribution < 1.29 is 4.42 Å². The number of fused-ring (bicyclic) bond motifs is 13. The molecule has 0 N–H and O–H groups in total. The largest absolute Gasteiger partial charge is 0.452 e. The van der Waals surface area contributed by atoms with Gasteiger partial charge in [-0.3, -0.25) is 4.57 Å². The van der Waals surface area contributed by atoms with E-state index in [9.17, 15) is 0 Å². The molecule has 11 rings (SSSR count). The van der Waals surface area contributed by atoms with Crippen LogP contribution in [0.2, 0.25) is 0 Å². The summed E-state index contributed by atoms with van der Waals surface area (Å²) < 4.78 is 11.4. The van der Waals surface area contributed by atoms with Gasteiger partial charge in [0.1, 0.15) is 16.8 Å². The minimum atomic E-state index is 0.621. The molecule has 4 aromatic heterocycles. The average Bonchev–Trinajstić information content (AvgIpc) is 3.85. The maximum atomic E-state index is 6.56. The molecular formula is C44H25N3OS. The van der Waals surface area contributed by atoms with E-state index in [2.05, 4.69) is 132 Å². The van der Waals surface area contributed by atoms with Crippen LogP contribution in [0.4, 0.5) is 0 Å². The molecule has 49 heavy (non-hydrogen) atoms. The van der Waals surface area contributed by atoms with Gasteiger partial charge < -0.3 is 4.42 Å². The van der Waals surface area contributed by atoms with Crippen molar-refractivity contribution in [2.24, 2.45) is 0 Å². The first-order valence-corrected chi connectivity index (χ1v) is 17.2. The molecular weight excluding hydrogens is 619 g/mol. The summed E-state index contributed by atoms with van der Waals surface area (Å²) in [5, 5.41) is 8.41. The standard InChI is InChI=1S/C44H25N3OS/c1-2-13-26(14-3-1)27-15-12-16-28(25-27)39-42-40(32-20-7-10-23-35(32)48-42)46-44(45-39)47-34-22-9-6-19-31(34)38-41(47)30-18-5-4-17-29(30)37-33-21-8-11-24-36(33)49-43(37)38/h1-25H. The van der Waals surface area contributed by atoms with Crippen molar-refractivity contribution in [1.82, 2.24) is 14.5 Å². The Balaban J connectivity index is 1.31. The molecule has 0 amide bonds. The van der Waals surface area contributed by atoms with Crippen molar-refractivity contribution in [1.29, 1.82) is 0 Å². The number of benzene rings is 7. The quantitative estimate of drug-likeness (QED) is 0.192. The third kappa shape index (κ3) is 3.79. The zero-order chi connectivity index (χ0) is 32.1. The zero-order valence-electron chi connectivity index (χ0n) is 26.1. The lowest BCUT2D eigenvalue weighted by molar-refractivity contribution is 0.666. The lowest BCUT2D eigenvalue weighted by Crippen LogP contribution is -2.03. The number of hydrogen-bond donors (Lipinski definition) is 0. The van der Waals surface area contributed by atoms with Gasteiger partial charge in [-0.05, 0) is 46.8 Å². The summed E-state index contributed by atoms with van der Waals surface area (Å²) in [6, 6.07) is 53.4. The van der Waals surface area contributed by atoms with E-state index in [1.54, 1.807) is 0 Å². The fraction of sp³-hybridized carbons (Fsp3) is 0. The highest BCUT2D eigenvalue weighted by molar-refractivity contribution is 7.27. The van der Waals surface area contributed by atoms with Crippen molar-refractivity contribution in [3.63, 3.8) is 0 Å². The van der Waals surface area contributed by atoms with Gasteiger partial charge in [-0.1, -0.05) is 121 Å². The van der Waals surface area contributed by atoms with Crippen molar-refractivity contribution in [2.75, 3.05) is 0 Å². The minimum Gasteiger partial charge on any atom is -0.452 e. The third-order valence-electron chi connectivity index (χ3n) is 9.80. The van der Waals surface area contributed by atoms with Crippen LogP contribution in [0, 0.1) is 0 Å². The predicted octanol–water partition coefficient (Wildman–Crippen LogP) is 12.3. The Morgan fingerprint density at radius 3 is 2.06 bits per heavy atom. The van der Waals surface area contributed by atoms with Gasteiger partial charge in [0.2, 0.25) is 5.95 Å². The summed E-state index contributed by atoms with van der Waals surface area (Å²) in [6.45, 7) is 0. The molecule has 0 saturated carbocycles. The molecule has 0 aliphatic rings. The third-order valence-corrected chi connectivity index (χ3v) is 11.0. The maximum absolute atomic E-state index is 6.56. The average molecular weight is 644 g/mol. The lowest BCUT2D eigenvalue weighted by atomic mass is 10.00. The zero-order valence-corrected chi connectivity index (χ0v) is 26.9. The van der Waals surface area contributed by atoms with Crippen molar-refractivity contribution >= 4 is 86.2 Å². The number of hydrogen-bond acceptors (Lipinski definition) is 4. The van der Waals surface area contributed by atoms with Gasteiger partial charge in [0, 0.05) is 47.3 Å². The van der Waals surface area contributed by atoms with Crippen LogP contribution in [0.1, 0.15) is 0 Å². The van der Waals surface area contributed by atoms with Crippen LogP contribution in [0.15, 0.2) is 156 Å². The molecule has 0 radical (unpaired) electrons. The maximum Gasteiger partial charge on any atom is 0.236 e. The number of para-hydroxylation sites is 2. The van der Waals surface area contributed by atoms with E-state index in [0.29, 0.717) is 11.5 Å². The molecule has 0 spiro atoms. The number of rotatable bonds is 3. The first-order valence-electron chi connectivity index (χ1n) is 16.4. The van der Waals surface area contributed by atoms with Crippen molar-refractivity contribution in [3.8, 4) is 28.3 Å². The van der Waals surface area contributed by atoms with Crippen LogP contribution < -0.4 is 0 Å². The normalized spacial score (nSPS) is 12.1. The highest BCUT2D eigenvalue weighted by Crippen LogP contribution is 2.48. The molecule has 0 bridgehead atoms. The second-order valence-electron chi connectivity index (χ2n) is 12.5. The highest BCUT2D eigenvalue weighted by atomic mass is 32.1. The van der Waals surface area contributed by atoms with Gasteiger partial charge in [-0.25, -0.2) is 9.97 Å². The number of thiophene rings is 1. The summed E-state index contributed by atoms with van der Waals surface area (Å²) in [5.41, 5.74) is 8.50. The molecule has 0 atom stereocenters. The summed E-state index contributed by atoms with van der Waals surface area (Å²) in [4.78, 5) is 10.8. The van der Waals surface area contributed by atoms with Gasteiger partial charge in [0.25, 0.3) is 0 Å². The Bertz CT molecular complexity index is 3110. The Labute approximate surface area is 284 Å². The Hall–Kier alpha value is -6.30. The van der Waals surface area contributed by atoms with Crippen molar-refractivity contribution in [3.05, 3.63) is 152 Å². The molecule has 11 aromatic rings. The Kier molecular flexibility index (Phi) is 5.51. The fourth-order valence-corrected chi connectivity index (χ4v) is 8.96. The molecule has 5 heteroatoms. The molecule has 228 valence electrons. The van der Waals surface area contributed by atoms with E-state index in [1.807, 2.05) is 35.6 Å². The van der Waals surface area contributed by atoms with E-state index in [-0.39, 0.29) is 0 Å². The highest BCUT2D eigenvalue weighted by Gasteiger charge is 2.25. The van der Waals surface area contributed by atoms with Crippen LogP contribution in [0.25, 0.3) is 103 Å². The molecule has 0 aliphatic carbocycles. The second-order valence-corrected chi connectivity index (χ2v) is 13.6. The predicted molar refractivity (Wildman–Crippen MR) is 205 cm³/mol. The molecule has 7 aromatic carbocycles. The Morgan fingerprint density at radius 2 is 1.18 bits per heavy atom. The molecule has 0 fully saturated rings. The van der Waals surface area contributed by atoms with Gasteiger partial charge >= 0.3 is 0 Å². The minimum absolute atomic E-state index is 0.621. The number of aromatic nitrogens is 3. The first kappa shape index (κ1) is 26.7. The van der Waals surface area contributed by atoms with E-state index in [4.69, 9.17) is 14.4 Å². The van der Waals surface area contributed by atoms with Crippen LogP contribution in [-0.4, -0.2) is 14.5 Å². The molecule has 4 heterocycles. The second kappa shape index (κ2) is 10.1. The smallest absolute Gasteiger partial charge is 0.236 e. The van der Waals surface area contributed by atoms with E-state index in [1.165, 1.54) is 41.7 Å². The van der Waals surface area contributed by atoms with E-state index in [0.717, 1.165) is 49.9 Å². The number of furan rings is 1. The topological polar surface area (TPSA) is 43.9 Å². The monoisotopic (exact) mass is 643 g/mol. The summed E-state index contributed by atoms with van der Waals surface area (Å²) in [6.07, 6.45) is 0. The van der Waals surface area contributed by atoms with Crippen LogP contribution >= 0.6 is 11.3 Å². The van der Waals surface area contributed by atoms with E-state index < -0.39 is 0 Å². The summed E-state index contributed by atoms with van der Waals surface area (Å²) in [7, 11) is 0. The first-order chi connectivity index (χ1) is 24.3. The van der Waals surface area contributed by atoms with Crippen LogP contribution in [0.3, 0.4) is 0 Å². The fourth-order valence-electron chi connectivity index (χ4n) is 7.68. The molecule has 0 unspecified atom stereocenters. The van der Waals surface area contributed by atoms with Crippen molar-refractivity contribution in [2.45, 2.75) is 0 Å². The van der Waals surface area contributed by atoms with Gasteiger partial charge in [-0.15, -0.1) is 11.3 Å². The van der Waals surface area contributed by atoms with Gasteiger partial charge in [-0.2, -0.15) is 0 Å². The number of nitrogens with zero attached hydrogens (tertiary/aromatic N) is 3. The molecule has 0 saturated heterocycles. The lowest BCUT2D eigenvalue weighted by Gasteiger charge is -2.12. The van der Waals surface area contributed by atoms with Gasteiger partial charge in [0.15, 0.2) is 5.58 Å². The SMILES string of the molecule is c1ccc(-c2cccc(-c3nc(-n4c5ccccc5c5c6sc7ccccc7c6c6ccccc6c54)nc4c3oc3ccccc34)c2)cc1.